The van der Waals surface area contributed by atoms with Gasteiger partial charge in [0.1, 0.15) is 0 Å². The Hall–Kier alpha value is -1.55. The lowest BCUT2D eigenvalue weighted by Crippen LogP contribution is -1.88. The molecule has 15 heavy (non-hydrogen) atoms. The van der Waals surface area contributed by atoms with Gasteiger partial charge in [-0.3, -0.25) is 0 Å². The van der Waals surface area contributed by atoms with Gasteiger partial charge in [-0.1, -0.05) is 0 Å². The molecule has 0 fully saturated rings. The Labute approximate surface area is 92.8 Å². The van der Waals surface area contributed by atoms with Crippen molar-refractivity contribution in [2.75, 3.05) is 5.73 Å². The molecule has 0 radical (unpaired) electrons. The molecule has 0 aliphatic heterocycles. The lowest BCUT2D eigenvalue weighted by atomic mass is 10.2. The molecule has 2 aromatic rings. The van der Waals surface area contributed by atoms with E-state index < -0.39 is 0 Å². The van der Waals surface area contributed by atoms with Gasteiger partial charge in [-0.05, 0) is 48.5 Å². The second-order valence-electron chi connectivity index (χ2n) is 3.21. The second kappa shape index (κ2) is 4.31. The fourth-order valence-electron chi connectivity index (χ4n) is 1.28. The van der Waals surface area contributed by atoms with Gasteiger partial charge < -0.3 is 5.73 Å². The highest BCUT2D eigenvalue weighted by Gasteiger charge is 2.00. The number of rotatable bonds is 2. The van der Waals surface area contributed by atoms with E-state index in [9.17, 15) is 0 Å². The third kappa shape index (κ3) is 2.70. The fraction of sp³-hybridized carbons (Fsp3) is 0.0909. The van der Waals surface area contributed by atoms with Gasteiger partial charge in [0.25, 0.3) is 0 Å². The van der Waals surface area contributed by atoms with Crippen molar-refractivity contribution in [3.63, 3.8) is 0 Å². The summed E-state index contributed by atoms with van der Waals surface area (Å²) < 4.78 is 0. The maximum atomic E-state index is 5.76. The molecule has 0 amide bonds. The van der Waals surface area contributed by atoms with Crippen LogP contribution in [-0.4, -0.2) is 9.97 Å². The predicted octanol–water partition coefficient (Wildman–Crippen LogP) is 2.52. The van der Waals surface area contributed by atoms with Crippen molar-refractivity contribution >= 4 is 17.4 Å². The van der Waals surface area contributed by atoms with Gasteiger partial charge in [-0.2, -0.15) is 0 Å². The molecule has 0 unspecified atom stereocenters. The molecule has 0 bridgehead atoms. The summed E-state index contributed by atoms with van der Waals surface area (Å²) in [5, 5.41) is 0.738. The normalized spacial score (nSPS) is 10.2. The van der Waals surface area contributed by atoms with E-state index in [1.807, 2.05) is 19.1 Å². The summed E-state index contributed by atoms with van der Waals surface area (Å²) in [6.45, 7) is 2.02. The molecule has 1 heterocycles. The molecule has 2 rings (SSSR count). The van der Waals surface area contributed by atoms with E-state index in [1.54, 1.807) is 18.5 Å². The van der Waals surface area contributed by atoms with Crippen molar-refractivity contribution < 1.29 is 0 Å². The van der Waals surface area contributed by atoms with Crippen LogP contribution in [0.4, 0.5) is 5.69 Å². The molecule has 0 aliphatic carbocycles. The molecule has 1 aromatic heterocycles. The van der Waals surface area contributed by atoms with Crippen LogP contribution < -0.4 is 5.73 Å². The van der Waals surface area contributed by atoms with E-state index in [2.05, 4.69) is 16.0 Å². The Kier molecular flexibility index (Phi) is 2.87. The summed E-state index contributed by atoms with van der Waals surface area (Å²) in [6.07, 6.45) is 3.46. The highest BCUT2D eigenvalue weighted by Crippen LogP contribution is 2.26. The monoisotopic (exact) mass is 217 g/mol. The number of nitrogens with two attached hydrogens (primary N) is 1. The van der Waals surface area contributed by atoms with E-state index in [1.165, 1.54) is 11.8 Å². The molecule has 4 heteroatoms. The summed E-state index contributed by atoms with van der Waals surface area (Å²) in [6, 6.07) is 7.73. The lowest BCUT2D eigenvalue weighted by molar-refractivity contribution is 0.967. The number of benzene rings is 1. The Morgan fingerprint density at radius 3 is 2.53 bits per heavy atom. The van der Waals surface area contributed by atoms with Gasteiger partial charge in [0, 0.05) is 23.0 Å². The van der Waals surface area contributed by atoms with E-state index in [-0.39, 0.29) is 0 Å². The summed E-state index contributed by atoms with van der Waals surface area (Å²) in [7, 11) is 0. The topological polar surface area (TPSA) is 51.8 Å². The quantitative estimate of drug-likeness (QED) is 0.620. The molecule has 76 valence electrons. The Morgan fingerprint density at radius 1 is 1.13 bits per heavy atom. The molecule has 0 saturated heterocycles. The first-order valence-corrected chi connectivity index (χ1v) is 5.38. The number of hydrogen-bond donors (Lipinski definition) is 1. The van der Waals surface area contributed by atoms with Gasteiger partial charge in [-0.25, -0.2) is 9.97 Å². The Bertz CT molecular complexity index is 436. The van der Waals surface area contributed by atoms with Crippen molar-refractivity contribution in [1.82, 2.24) is 9.97 Å². The van der Waals surface area contributed by atoms with Crippen LogP contribution in [0.25, 0.3) is 0 Å². The average Bonchev–Trinajstić information content (AvgIpc) is 2.17. The highest BCUT2D eigenvalue weighted by molar-refractivity contribution is 7.99. The molecule has 3 nitrogen and oxygen atoms in total. The molecule has 1 aromatic carbocycles. The van der Waals surface area contributed by atoms with Crippen molar-refractivity contribution in [2.24, 2.45) is 0 Å². The number of nitrogen functional groups attached to an aromatic ring is 1. The van der Waals surface area contributed by atoms with Crippen molar-refractivity contribution in [1.29, 1.82) is 0 Å². The third-order valence-corrected chi connectivity index (χ3v) is 2.69. The number of anilines is 1. The number of nitrogens with zero attached hydrogens (tertiary/aromatic N) is 2. The second-order valence-corrected chi connectivity index (χ2v) is 4.25. The van der Waals surface area contributed by atoms with Crippen LogP contribution in [0.15, 0.2) is 46.7 Å². The van der Waals surface area contributed by atoms with Gasteiger partial charge >= 0.3 is 0 Å². The predicted molar refractivity (Wildman–Crippen MR) is 61.7 cm³/mol. The van der Waals surface area contributed by atoms with Crippen molar-refractivity contribution in [3.8, 4) is 0 Å². The van der Waals surface area contributed by atoms with E-state index in [0.29, 0.717) is 0 Å². The molecular formula is C11H11N3S. The maximum Gasteiger partial charge on any atom is 0.192 e. The SMILES string of the molecule is Cc1cc(N)cc(Sc2ncccn2)c1. The van der Waals surface area contributed by atoms with Gasteiger partial charge in [0.05, 0.1) is 0 Å². The largest absolute Gasteiger partial charge is 0.399 e. The molecule has 0 atom stereocenters. The maximum absolute atomic E-state index is 5.76. The van der Waals surface area contributed by atoms with Crippen LogP contribution in [0, 0.1) is 6.92 Å². The summed E-state index contributed by atoms with van der Waals surface area (Å²) in [5.74, 6) is 0. The third-order valence-electron chi connectivity index (χ3n) is 1.82. The smallest absolute Gasteiger partial charge is 0.192 e. The first kappa shape index (κ1) is 9.98. The summed E-state index contributed by atoms with van der Waals surface area (Å²) in [4.78, 5) is 9.36. The van der Waals surface area contributed by atoms with E-state index in [4.69, 9.17) is 5.73 Å². The Balaban J connectivity index is 2.25. The Morgan fingerprint density at radius 2 is 1.87 bits per heavy atom. The molecule has 0 spiro atoms. The van der Waals surface area contributed by atoms with Crippen LogP contribution in [0.3, 0.4) is 0 Å². The van der Waals surface area contributed by atoms with Crippen LogP contribution in [0.1, 0.15) is 5.56 Å². The minimum absolute atomic E-state index is 0.738. The lowest BCUT2D eigenvalue weighted by Gasteiger charge is -2.02. The molecule has 2 N–H and O–H groups in total. The molecule has 0 aliphatic rings. The summed E-state index contributed by atoms with van der Waals surface area (Å²) >= 11 is 1.51. The van der Waals surface area contributed by atoms with Crippen LogP contribution in [0.5, 0.6) is 0 Å². The highest BCUT2D eigenvalue weighted by atomic mass is 32.2. The zero-order chi connectivity index (χ0) is 10.7. The van der Waals surface area contributed by atoms with Crippen LogP contribution >= 0.6 is 11.8 Å². The molecule has 0 saturated carbocycles. The first-order valence-electron chi connectivity index (χ1n) is 4.56. The fourth-order valence-corrected chi connectivity index (χ4v) is 2.16. The minimum Gasteiger partial charge on any atom is -0.399 e. The van der Waals surface area contributed by atoms with Gasteiger partial charge in [0.2, 0.25) is 0 Å². The first-order chi connectivity index (χ1) is 7.24. The molecular weight excluding hydrogens is 206 g/mol. The number of aryl methyl sites for hydroxylation is 1. The number of aromatic nitrogens is 2. The van der Waals surface area contributed by atoms with Gasteiger partial charge in [-0.15, -0.1) is 0 Å². The van der Waals surface area contributed by atoms with E-state index >= 15 is 0 Å². The number of hydrogen-bond acceptors (Lipinski definition) is 4. The van der Waals surface area contributed by atoms with Crippen molar-refractivity contribution in [2.45, 2.75) is 17.0 Å². The average molecular weight is 217 g/mol. The van der Waals surface area contributed by atoms with Gasteiger partial charge in [0.15, 0.2) is 5.16 Å². The zero-order valence-electron chi connectivity index (χ0n) is 8.34. The zero-order valence-corrected chi connectivity index (χ0v) is 9.16. The standard InChI is InChI=1S/C11H11N3S/c1-8-5-9(12)7-10(6-8)15-11-13-3-2-4-14-11/h2-7H,12H2,1H3. The summed E-state index contributed by atoms with van der Waals surface area (Å²) in [5.41, 5.74) is 7.68. The minimum atomic E-state index is 0.738. The van der Waals surface area contributed by atoms with E-state index in [0.717, 1.165) is 21.3 Å². The van der Waals surface area contributed by atoms with Crippen molar-refractivity contribution in [3.05, 3.63) is 42.2 Å². The van der Waals surface area contributed by atoms with Crippen LogP contribution in [0.2, 0.25) is 0 Å². The van der Waals surface area contributed by atoms with Crippen LogP contribution in [-0.2, 0) is 0 Å².